The smallest absolute Gasteiger partial charge is 0.234 e. The Kier molecular flexibility index (Phi) is 8.72. The molecule has 1 aliphatic heterocycles. The lowest BCUT2D eigenvalue weighted by Crippen LogP contribution is -2.49. The van der Waals surface area contributed by atoms with Gasteiger partial charge in [0, 0.05) is 39.3 Å². The maximum absolute atomic E-state index is 12.2. The number of hydrogen-bond donors (Lipinski definition) is 1. The summed E-state index contributed by atoms with van der Waals surface area (Å²) >= 11 is 0. The fourth-order valence-electron chi connectivity index (χ4n) is 3.71. The number of rotatable bonds is 9. The van der Waals surface area contributed by atoms with Crippen molar-refractivity contribution in [3.05, 3.63) is 35.4 Å². The Balaban J connectivity index is 1.68. The van der Waals surface area contributed by atoms with Crippen LogP contribution < -0.4 is 5.32 Å². The van der Waals surface area contributed by atoms with Gasteiger partial charge in [0.2, 0.25) is 5.91 Å². The minimum Gasteiger partial charge on any atom is -0.355 e. The Hall–Kier alpha value is -1.39. The summed E-state index contributed by atoms with van der Waals surface area (Å²) < 4.78 is 0. The molecule has 0 aromatic heterocycles. The van der Waals surface area contributed by atoms with Crippen LogP contribution in [0.3, 0.4) is 0 Å². The monoisotopic (exact) mass is 401 g/mol. The molecule has 1 N–H and O–H groups in total. The van der Waals surface area contributed by atoms with Gasteiger partial charge < -0.3 is 5.32 Å². The summed E-state index contributed by atoms with van der Waals surface area (Å²) in [6.45, 7) is 19.9. The number of benzene rings is 1. The van der Waals surface area contributed by atoms with Crippen LogP contribution in [0.4, 0.5) is 0 Å². The zero-order valence-corrected chi connectivity index (χ0v) is 19.7. The van der Waals surface area contributed by atoms with E-state index in [1.165, 1.54) is 11.1 Å². The van der Waals surface area contributed by atoms with Crippen LogP contribution in [-0.2, 0) is 17.8 Å². The van der Waals surface area contributed by atoms with E-state index in [-0.39, 0.29) is 5.91 Å². The lowest BCUT2D eigenvalue weighted by atomic mass is 9.86. The summed E-state index contributed by atoms with van der Waals surface area (Å²) in [7, 11) is 0. The van der Waals surface area contributed by atoms with Gasteiger partial charge in [0.05, 0.1) is 6.54 Å². The zero-order chi connectivity index (χ0) is 21.5. The molecule has 1 saturated heterocycles. The molecule has 0 bridgehead atoms. The maximum Gasteiger partial charge on any atom is 0.234 e. The number of carbonyl (C=O) groups excluding carboxylic acids is 1. The van der Waals surface area contributed by atoms with Gasteiger partial charge in [-0.05, 0) is 34.8 Å². The molecular weight excluding hydrogens is 358 g/mol. The summed E-state index contributed by atoms with van der Waals surface area (Å²) in [5, 5.41) is 3.10. The largest absolute Gasteiger partial charge is 0.355 e. The van der Waals surface area contributed by atoms with Crippen LogP contribution in [0, 0.1) is 10.8 Å². The van der Waals surface area contributed by atoms with Gasteiger partial charge in [-0.25, -0.2) is 0 Å². The van der Waals surface area contributed by atoms with Crippen LogP contribution in [0.5, 0.6) is 0 Å². The molecule has 2 rings (SSSR count). The molecule has 1 amide bonds. The van der Waals surface area contributed by atoms with Gasteiger partial charge in [0.15, 0.2) is 0 Å². The summed E-state index contributed by atoms with van der Waals surface area (Å²) in [5.74, 6) is 0.166. The minimum atomic E-state index is 0.166. The van der Waals surface area contributed by atoms with Crippen molar-refractivity contribution in [3.8, 4) is 0 Å². The van der Waals surface area contributed by atoms with E-state index in [9.17, 15) is 4.79 Å². The first kappa shape index (κ1) is 23.9. The highest BCUT2D eigenvalue weighted by Gasteiger charge is 2.20. The molecule has 0 spiro atoms. The fraction of sp³-hybridized carbons (Fsp3) is 0.720. The van der Waals surface area contributed by atoms with Crippen molar-refractivity contribution in [3.63, 3.8) is 0 Å². The van der Waals surface area contributed by atoms with Gasteiger partial charge in [0.1, 0.15) is 0 Å². The summed E-state index contributed by atoms with van der Waals surface area (Å²) in [6, 6.07) is 9.11. The predicted octanol–water partition coefficient (Wildman–Crippen LogP) is 4.34. The Morgan fingerprint density at radius 1 is 0.931 bits per heavy atom. The third kappa shape index (κ3) is 9.31. The first-order chi connectivity index (χ1) is 13.6. The Morgan fingerprint density at radius 3 is 2.03 bits per heavy atom. The van der Waals surface area contributed by atoms with Gasteiger partial charge in [-0.15, -0.1) is 0 Å². The second-order valence-corrected chi connectivity index (χ2v) is 10.7. The Bertz CT molecular complexity index is 622. The molecule has 0 atom stereocenters. The molecule has 4 nitrogen and oxygen atoms in total. The van der Waals surface area contributed by atoms with Gasteiger partial charge >= 0.3 is 0 Å². The highest BCUT2D eigenvalue weighted by molar-refractivity contribution is 5.78. The van der Waals surface area contributed by atoms with Gasteiger partial charge in [-0.2, -0.15) is 0 Å². The summed E-state index contributed by atoms with van der Waals surface area (Å²) in [6.07, 6.45) is 3.30. The Labute approximate surface area is 179 Å². The highest BCUT2D eigenvalue weighted by atomic mass is 16.2. The van der Waals surface area contributed by atoms with E-state index in [1.807, 2.05) is 0 Å². The average molecular weight is 402 g/mol. The third-order valence-electron chi connectivity index (χ3n) is 6.08. The average Bonchev–Trinajstić information content (AvgIpc) is 2.63. The zero-order valence-electron chi connectivity index (χ0n) is 19.7. The van der Waals surface area contributed by atoms with E-state index in [4.69, 9.17) is 0 Å². The molecule has 1 aromatic carbocycles. The molecule has 1 aliphatic rings. The normalized spacial score (nSPS) is 16.8. The number of piperazine rings is 1. The van der Waals surface area contributed by atoms with Gasteiger partial charge in [-0.1, -0.05) is 72.2 Å². The third-order valence-corrected chi connectivity index (χ3v) is 6.08. The van der Waals surface area contributed by atoms with Crippen LogP contribution >= 0.6 is 0 Å². The molecule has 1 fully saturated rings. The van der Waals surface area contributed by atoms with Gasteiger partial charge in [0.25, 0.3) is 0 Å². The van der Waals surface area contributed by atoms with Crippen molar-refractivity contribution in [2.45, 2.75) is 67.3 Å². The van der Waals surface area contributed by atoms with Crippen LogP contribution in [-0.4, -0.2) is 55.0 Å². The van der Waals surface area contributed by atoms with E-state index in [2.05, 4.69) is 80.9 Å². The molecule has 164 valence electrons. The van der Waals surface area contributed by atoms with E-state index in [1.54, 1.807) is 0 Å². The molecule has 29 heavy (non-hydrogen) atoms. The molecule has 0 radical (unpaired) electrons. The minimum absolute atomic E-state index is 0.166. The quantitative estimate of drug-likeness (QED) is 0.669. The molecule has 0 aliphatic carbocycles. The van der Waals surface area contributed by atoms with Crippen LogP contribution in [0.15, 0.2) is 24.3 Å². The number of hydrogen-bond acceptors (Lipinski definition) is 3. The number of nitrogens with one attached hydrogen (secondary N) is 1. The van der Waals surface area contributed by atoms with E-state index in [0.29, 0.717) is 17.4 Å². The molecule has 0 unspecified atom stereocenters. The molecule has 1 aromatic rings. The first-order valence-corrected chi connectivity index (χ1v) is 11.4. The standard InChI is InChI=1S/C25H43N3O/c1-7-25(5,6)12-13-26-23(29)20-28-16-14-27(15-17-28)19-22-10-8-21(9-11-22)18-24(2,3)4/h8-11H,7,12-20H2,1-6H3,(H,26,29). The molecule has 1 heterocycles. The fourth-order valence-corrected chi connectivity index (χ4v) is 3.71. The van der Waals surface area contributed by atoms with Gasteiger partial charge in [-0.3, -0.25) is 14.6 Å². The summed E-state index contributed by atoms with van der Waals surface area (Å²) in [4.78, 5) is 17.0. The topological polar surface area (TPSA) is 35.6 Å². The molecule has 0 saturated carbocycles. The molecule has 4 heteroatoms. The SMILES string of the molecule is CCC(C)(C)CCNC(=O)CN1CCN(Cc2ccc(CC(C)(C)C)cc2)CC1. The number of carbonyl (C=O) groups is 1. The predicted molar refractivity (Wildman–Crippen MR) is 123 cm³/mol. The first-order valence-electron chi connectivity index (χ1n) is 11.4. The van der Waals surface area contributed by atoms with E-state index in [0.717, 1.165) is 58.5 Å². The Morgan fingerprint density at radius 2 is 1.48 bits per heavy atom. The van der Waals surface area contributed by atoms with Crippen LogP contribution in [0.1, 0.15) is 65.5 Å². The van der Waals surface area contributed by atoms with Crippen molar-refractivity contribution >= 4 is 5.91 Å². The summed E-state index contributed by atoms with van der Waals surface area (Å²) in [5.41, 5.74) is 3.44. The maximum atomic E-state index is 12.2. The number of amides is 1. The lowest BCUT2D eigenvalue weighted by molar-refractivity contribution is -0.122. The van der Waals surface area contributed by atoms with Crippen molar-refractivity contribution in [2.24, 2.45) is 10.8 Å². The number of nitrogens with zero attached hydrogens (tertiary/aromatic N) is 2. The van der Waals surface area contributed by atoms with Crippen molar-refractivity contribution in [1.29, 1.82) is 0 Å². The molecular formula is C25H43N3O. The second-order valence-electron chi connectivity index (χ2n) is 10.7. The lowest BCUT2D eigenvalue weighted by Gasteiger charge is -2.34. The van der Waals surface area contributed by atoms with Crippen LogP contribution in [0.25, 0.3) is 0 Å². The second kappa shape index (κ2) is 10.6. The highest BCUT2D eigenvalue weighted by Crippen LogP contribution is 2.23. The van der Waals surface area contributed by atoms with Crippen molar-refractivity contribution in [1.82, 2.24) is 15.1 Å². The van der Waals surface area contributed by atoms with E-state index < -0.39 is 0 Å². The van der Waals surface area contributed by atoms with Crippen molar-refractivity contribution in [2.75, 3.05) is 39.3 Å². The van der Waals surface area contributed by atoms with E-state index >= 15 is 0 Å². The van der Waals surface area contributed by atoms with Crippen molar-refractivity contribution < 1.29 is 4.79 Å². The van der Waals surface area contributed by atoms with Crippen LogP contribution in [0.2, 0.25) is 0 Å².